The van der Waals surface area contributed by atoms with Gasteiger partial charge in [0.1, 0.15) is 6.04 Å². The molecule has 0 bridgehead atoms. The Bertz CT molecular complexity index is 662. The highest BCUT2D eigenvalue weighted by atomic mass is 79.9. The topological polar surface area (TPSA) is 108 Å². The average molecular weight is 416 g/mol. The molecular weight excluding hydrogens is 398 g/mol. The van der Waals surface area contributed by atoms with Crippen molar-refractivity contribution < 1.29 is 33.4 Å². The Labute approximate surface area is 152 Å². The maximum Gasteiger partial charge on any atom is 0.329 e. The van der Waals surface area contributed by atoms with Crippen molar-refractivity contribution in [2.45, 2.75) is 12.5 Å². The van der Waals surface area contributed by atoms with E-state index in [0.717, 1.165) is 21.3 Å². The number of nitrogens with one attached hydrogen (secondary N) is 1. The van der Waals surface area contributed by atoms with Crippen molar-refractivity contribution in [2.75, 3.05) is 21.3 Å². The van der Waals surface area contributed by atoms with Gasteiger partial charge in [0.2, 0.25) is 0 Å². The van der Waals surface area contributed by atoms with E-state index in [4.69, 9.17) is 0 Å². The average Bonchev–Trinajstić information content (AvgIpc) is 2.62. The zero-order valence-electron chi connectivity index (χ0n) is 13.9. The number of halogens is 1. The van der Waals surface area contributed by atoms with Crippen molar-refractivity contribution in [2.24, 2.45) is 5.92 Å². The molecule has 0 spiro atoms. The summed E-state index contributed by atoms with van der Waals surface area (Å²) in [5.74, 6) is -4.38. The quantitative estimate of drug-likeness (QED) is 0.523. The molecule has 9 heteroatoms. The number of benzene rings is 1. The van der Waals surface area contributed by atoms with Gasteiger partial charge in [-0.25, -0.2) is 4.79 Å². The van der Waals surface area contributed by atoms with Gasteiger partial charge >= 0.3 is 17.9 Å². The molecule has 0 aliphatic heterocycles. The number of hydrogen-bond acceptors (Lipinski definition) is 7. The first-order chi connectivity index (χ1) is 11.8. The van der Waals surface area contributed by atoms with Crippen molar-refractivity contribution >= 4 is 39.7 Å². The van der Waals surface area contributed by atoms with Gasteiger partial charge in [-0.3, -0.25) is 14.4 Å². The molecular formula is C16H18BrNO7. The molecule has 8 nitrogen and oxygen atoms in total. The van der Waals surface area contributed by atoms with E-state index in [1.54, 1.807) is 12.1 Å². The fraction of sp³-hybridized carbons (Fsp3) is 0.375. The van der Waals surface area contributed by atoms with E-state index in [0.29, 0.717) is 4.47 Å². The smallest absolute Gasteiger partial charge is 0.329 e. The second-order valence-electron chi connectivity index (χ2n) is 4.89. The van der Waals surface area contributed by atoms with Crippen LogP contribution in [0.25, 0.3) is 0 Å². The summed E-state index contributed by atoms with van der Waals surface area (Å²) in [5, 5.41) is 2.41. The molecule has 136 valence electrons. The lowest BCUT2D eigenvalue weighted by atomic mass is 9.95. The SMILES string of the molecule is COC(=O)C[C@@H](C(=O)OC)[C@@H](NC(=O)c1cccc(Br)c1)C(=O)OC. The molecule has 0 aromatic heterocycles. The number of carbonyl (C=O) groups excluding carboxylic acids is 4. The monoisotopic (exact) mass is 415 g/mol. The van der Waals surface area contributed by atoms with Gasteiger partial charge < -0.3 is 19.5 Å². The number of ether oxygens (including phenoxy) is 3. The molecule has 2 atom stereocenters. The maximum atomic E-state index is 12.4. The third-order valence-corrected chi connectivity index (χ3v) is 3.84. The molecule has 1 aromatic rings. The van der Waals surface area contributed by atoms with Crippen LogP contribution in [-0.2, 0) is 28.6 Å². The highest BCUT2D eigenvalue weighted by Crippen LogP contribution is 2.16. The summed E-state index contributed by atoms with van der Waals surface area (Å²) >= 11 is 3.24. The minimum absolute atomic E-state index is 0.255. The second kappa shape index (κ2) is 9.77. The van der Waals surface area contributed by atoms with Crippen LogP contribution in [0, 0.1) is 5.92 Å². The van der Waals surface area contributed by atoms with E-state index in [9.17, 15) is 19.2 Å². The van der Waals surface area contributed by atoms with Gasteiger partial charge in [-0.2, -0.15) is 0 Å². The molecule has 0 radical (unpaired) electrons. The number of methoxy groups -OCH3 is 3. The van der Waals surface area contributed by atoms with Gasteiger partial charge in [0.05, 0.1) is 33.7 Å². The molecule has 0 heterocycles. The van der Waals surface area contributed by atoms with E-state index in [1.165, 1.54) is 12.1 Å². The molecule has 0 aliphatic carbocycles. The molecule has 1 aromatic carbocycles. The Kier molecular flexibility index (Phi) is 8.06. The Morgan fingerprint density at radius 1 is 1.04 bits per heavy atom. The van der Waals surface area contributed by atoms with Crippen LogP contribution in [0.5, 0.6) is 0 Å². The lowest BCUT2D eigenvalue weighted by molar-refractivity contribution is -0.158. The van der Waals surface area contributed by atoms with Crippen LogP contribution >= 0.6 is 15.9 Å². The number of hydrogen-bond donors (Lipinski definition) is 1. The molecule has 1 rings (SSSR count). The molecule has 0 saturated carbocycles. The first-order valence-electron chi connectivity index (χ1n) is 7.13. The standard InChI is InChI=1S/C16H18BrNO7/c1-23-12(19)8-11(15(21)24-2)13(16(22)25-3)18-14(20)9-5-4-6-10(17)7-9/h4-7,11,13H,8H2,1-3H3,(H,18,20)/t11-,13-/m1/s1. The zero-order chi connectivity index (χ0) is 19.0. The number of esters is 3. The minimum Gasteiger partial charge on any atom is -0.469 e. The van der Waals surface area contributed by atoms with Crippen molar-refractivity contribution in [3.63, 3.8) is 0 Å². The first kappa shape index (κ1) is 20.6. The third kappa shape index (κ3) is 5.86. The predicted molar refractivity (Wildman–Crippen MR) is 89.6 cm³/mol. The fourth-order valence-corrected chi connectivity index (χ4v) is 2.46. The van der Waals surface area contributed by atoms with Gasteiger partial charge in [-0.15, -0.1) is 0 Å². The van der Waals surface area contributed by atoms with Crippen LogP contribution < -0.4 is 5.32 Å². The van der Waals surface area contributed by atoms with Crippen LogP contribution in [0.3, 0.4) is 0 Å². The van der Waals surface area contributed by atoms with Crippen LogP contribution in [0.1, 0.15) is 16.8 Å². The first-order valence-corrected chi connectivity index (χ1v) is 7.92. The largest absolute Gasteiger partial charge is 0.469 e. The van der Waals surface area contributed by atoms with E-state index >= 15 is 0 Å². The summed E-state index contributed by atoms with van der Waals surface area (Å²) in [6.07, 6.45) is -0.457. The zero-order valence-corrected chi connectivity index (χ0v) is 15.5. The summed E-state index contributed by atoms with van der Waals surface area (Å²) in [5.41, 5.74) is 0.255. The predicted octanol–water partition coefficient (Wildman–Crippen LogP) is 1.07. The summed E-state index contributed by atoms with van der Waals surface area (Å²) in [6.45, 7) is 0. The van der Waals surface area contributed by atoms with Crippen LogP contribution in [0.2, 0.25) is 0 Å². The molecule has 0 saturated heterocycles. The van der Waals surface area contributed by atoms with Crippen LogP contribution in [0.4, 0.5) is 0 Å². The highest BCUT2D eigenvalue weighted by Gasteiger charge is 2.38. The Morgan fingerprint density at radius 2 is 1.68 bits per heavy atom. The van der Waals surface area contributed by atoms with E-state index < -0.39 is 42.2 Å². The highest BCUT2D eigenvalue weighted by molar-refractivity contribution is 9.10. The van der Waals surface area contributed by atoms with E-state index in [1.807, 2.05) is 0 Å². The van der Waals surface area contributed by atoms with Crippen molar-refractivity contribution in [1.29, 1.82) is 0 Å². The Hall–Kier alpha value is -2.42. The summed E-state index contributed by atoms with van der Waals surface area (Å²) in [6, 6.07) is 5.02. The van der Waals surface area contributed by atoms with E-state index in [-0.39, 0.29) is 5.56 Å². The van der Waals surface area contributed by atoms with Gasteiger partial charge in [-0.05, 0) is 18.2 Å². The normalized spacial score (nSPS) is 12.5. The Morgan fingerprint density at radius 3 is 2.20 bits per heavy atom. The van der Waals surface area contributed by atoms with Crippen molar-refractivity contribution in [1.82, 2.24) is 5.32 Å². The molecule has 0 aliphatic rings. The number of amides is 1. The van der Waals surface area contributed by atoms with Crippen molar-refractivity contribution in [3.05, 3.63) is 34.3 Å². The maximum absolute atomic E-state index is 12.4. The summed E-state index contributed by atoms with van der Waals surface area (Å²) in [7, 11) is 3.36. The Balaban J connectivity index is 3.11. The second-order valence-corrected chi connectivity index (χ2v) is 5.81. The lowest BCUT2D eigenvalue weighted by Gasteiger charge is -2.23. The lowest BCUT2D eigenvalue weighted by Crippen LogP contribution is -2.50. The van der Waals surface area contributed by atoms with Crippen molar-refractivity contribution in [3.8, 4) is 0 Å². The molecule has 0 unspecified atom stereocenters. The third-order valence-electron chi connectivity index (χ3n) is 3.35. The summed E-state index contributed by atoms with van der Waals surface area (Å²) in [4.78, 5) is 48.0. The number of carbonyl (C=O) groups is 4. The van der Waals surface area contributed by atoms with Gasteiger partial charge in [0.25, 0.3) is 5.91 Å². The van der Waals surface area contributed by atoms with Crippen LogP contribution in [-0.4, -0.2) is 51.2 Å². The summed E-state index contributed by atoms with van der Waals surface area (Å²) < 4.78 is 14.5. The molecule has 1 amide bonds. The van der Waals surface area contributed by atoms with E-state index in [2.05, 4.69) is 35.5 Å². The fourth-order valence-electron chi connectivity index (χ4n) is 2.06. The molecule has 25 heavy (non-hydrogen) atoms. The number of rotatable bonds is 7. The van der Waals surface area contributed by atoms with Gasteiger partial charge in [-0.1, -0.05) is 22.0 Å². The minimum atomic E-state index is -1.41. The molecule has 1 N–H and O–H groups in total. The van der Waals surface area contributed by atoms with Gasteiger partial charge in [0, 0.05) is 10.0 Å². The molecule has 0 fully saturated rings. The van der Waals surface area contributed by atoms with Crippen LogP contribution in [0.15, 0.2) is 28.7 Å². The van der Waals surface area contributed by atoms with Gasteiger partial charge in [0.15, 0.2) is 0 Å².